The molecule has 0 aliphatic rings. The molecule has 0 saturated heterocycles. The molecule has 8 N–H and O–H groups in total. The molecule has 4 atom stereocenters. The second-order valence-electron chi connectivity index (χ2n) is 7.44. The second kappa shape index (κ2) is 13.3. The molecule has 0 fully saturated rings. The van der Waals surface area contributed by atoms with Crippen molar-refractivity contribution in [3.8, 4) is 0 Å². The number of carboxylic acid groups (broad SMARTS) is 1. The molecule has 31 heavy (non-hydrogen) atoms. The van der Waals surface area contributed by atoms with Gasteiger partial charge in [-0.15, -0.1) is 0 Å². The quantitative estimate of drug-likeness (QED) is 0.221. The van der Waals surface area contributed by atoms with E-state index in [-0.39, 0.29) is 6.42 Å². The largest absolute Gasteiger partial charge is 0.480 e. The van der Waals surface area contributed by atoms with E-state index >= 15 is 0 Å². The third-order valence-corrected chi connectivity index (χ3v) is 4.70. The molecule has 0 aliphatic carbocycles. The van der Waals surface area contributed by atoms with E-state index in [9.17, 15) is 19.2 Å². The van der Waals surface area contributed by atoms with Gasteiger partial charge in [0.25, 0.3) is 0 Å². The lowest BCUT2D eigenvalue weighted by molar-refractivity contribution is -0.141. The predicted molar refractivity (Wildman–Crippen MR) is 116 cm³/mol. The smallest absolute Gasteiger partial charge is 0.325 e. The number of carboxylic acids is 1. The van der Waals surface area contributed by atoms with Crippen LogP contribution >= 0.6 is 0 Å². The number of benzene rings is 1. The number of carbonyl (C=O) groups excluding carboxylic acids is 3. The monoisotopic (exact) mass is 435 g/mol. The van der Waals surface area contributed by atoms with Gasteiger partial charge in [-0.1, -0.05) is 36.8 Å². The molecule has 1 aromatic rings. The van der Waals surface area contributed by atoms with Crippen LogP contribution in [0.4, 0.5) is 0 Å². The molecule has 10 nitrogen and oxygen atoms in total. The highest BCUT2D eigenvalue weighted by Gasteiger charge is 2.27. The summed E-state index contributed by atoms with van der Waals surface area (Å²) in [4.78, 5) is 48.4. The zero-order valence-corrected chi connectivity index (χ0v) is 18.0. The maximum Gasteiger partial charge on any atom is 0.325 e. The summed E-state index contributed by atoms with van der Waals surface area (Å²) in [5.74, 6) is -2.88. The van der Waals surface area contributed by atoms with Crippen LogP contribution in [0.5, 0.6) is 0 Å². The minimum absolute atomic E-state index is 0.157. The summed E-state index contributed by atoms with van der Waals surface area (Å²) in [6, 6.07) is 5.15. The predicted octanol–water partition coefficient (Wildman–Crippen LogP) is -0.736. The Bertz CT molecular complexity index is 743. The van der Waals surface area contributed by atoms with Crippen molar-refractivity contribution >= 4 is 23.7 Å². The van der Waals surface area contributed by atoms with Crippen molar-refractivity contribution in [3.05, 3.63) is 35.9 Å². The maximum atomic E-state index is 12.6. The number of unbranched alkanes of at least 4 members (excludes halogenated alkanes) is 1. The lowest BCUT2D eigenvalue weighted by atomic mass is 10.0. The lowest BCUT2D eigenvalue weighted by Gasteiger charge is -2.23. The number of nitrogens with two attached hydrogens (primary N) is 2. The Balaban J connectivity index is 2.77. The summed E-state index contributed by atoms with van der Waals surface area (Å²) in [6.07, 6.45) is 2.06. The normalized spacial score (nSPS) is 14.6. The zero-order chi connectivity index (χ0) is 23.4. The standard InChI is InChI=1S/C21H33N5O5/c1-13(24-19(28)16(23)10-6-7-11-22)18(27)26-17(12-15-8-4-3-5-9-15)20(29)25-14(2)21(30)31/h3-5,8-9,13-14,16-17H,6-7,10-12,22-23H2,1-2H3,(H,24,28)(H,25,29)(H,26,27)(H,30,31). The van der Waals surface area contributed by atoms with Crippen LogP contribution in [0, 0.1) is 0 Å². The number of aliphatic carboxylic acids is 1. The fourth-order valence-electron chi connectivity index (χ4n) is 2.76. The number of hydrogen-bond acceptors (Lipinski definition) is 6. The van der Waals surface area contributed by atoms with Gasteiger partial charge in [0.1, 0.15) is 18.1 Å². The molecular formula is C21H33N5O5. The first-order valence-electron chi connectivity index (χ1n) is 10.3. The molecule has 3 amide bonds. The molecule has 0 spiro atoms. The topological polar surface area (TPSA) is 177 Å². The summed E-state index contributed by atoms with van der Waals surface area (Å²) in [5.41, 5.74) is 12.0. The Morgan fingerprint density at radius 3 is 2.10 bits per heavy atom. The van der Waals surface area contributed by atoms with Crippen molar-refractivity contribution in [3.63, 3.8) is 0 Å². The van der Waals surface area contributed by atoms with Gasteiger partial charge in [0.05, 0.1) is 6.04 Å². The zero-order valence-electron chi connectivity index (χ0n) is 18.0. The van der Waals surface area contributed by atoms with E-state index in [1.807, 2.05) is 6.07 Å². The van der Waals surface area contributed by atoms with Crippen LogP contribution in [-0.4, -0.2) is 59.5 Å². The van der Waals surface area contributed by atoms with Crippen LogP contribution in [0.1, 0.15) is 38.7 Å². The van der Waals surface area contributed by atoms with E-state index in [1.54, 1.807) is 24.3 Å². The molecule has 0 aliphatic heterocycles. The number of carbonyl (C=O) groups is 4. The van der Waals surface area contributed by atoms with Crippen LogP contribution in [0.15, 0.2) is 30.3 Å². The van der Waals surface area contributed by atoms with Crippen molar-refractivity contribution in [2.24, 2.45) is 11.5 Å². The van der Waals surface area contributed by atoms with Gasteiger partial charge in [-0.3, -0.25) is 19.2 Å². The maximum absolute atomic E-state index is 12.6. The van der Waals surface area contributed by atoms with E-state index in [2.05, 4.69) is 16.0 Å². The van der Waals surface area contributed by atoms with Crippen LogP contribution in [0.3, 0.4) is 0 Å². The first-order chi connectivity index (χ1) is 14.6. The Hall–Kier alpha value is -2.98. The SMILES string of the molecule is CC(NC(=O)C(Cc1ccccc1)NC(=O)C(C)NC(=O)C(N)CCCCN)C(=O)O. The van der Waals surface area contributed by atoms with Crippen molar-refractivity contribution in [1.29, 1.82) is 0 Å². The average Bonchev–Trinajstić information content (AvgIpc) is 2.73. The molecule has 0 heterocycles. The molecule has 10 heteroatoms. The summed E-state index contributed by atoms with van der Waals surface area (Å²) in [5, 5.41) is 16.5. The molecule has 172 valence electrons. The Labute approximate surface area is 182 Å². The summed E-state index contributed by atoms with van der Waals surface area (Å²) in [6.45, 7) is 3.33. The third kappa shape index (κ3) is 9.58. The number of hydrogen-bond donors (Lipinski definition) is 6. The van der Waals surface area contributed by atoms with E-state index in [4.69, 9.17) is 16.6 Å². The first-order valence-corrected chi connectivity index (χ1v) is 10.3. The van der Waals surface area contributed by atoms with Crippen LogP contribution in [-0.2, 0) is 25.6 Å². The van der Waals surface area contributed by atoms with Crippen LogP contribution in [0.25, 0.3) is 0 Å². The van der Waals surface area contributed by atoms with Gasteiger partial charge in [-0.2, -0.15) is 0 Å². The van der Waals surface area contributed by atoms with E-state index in [1.165, 1.54) is 13.8 Å². The molecule has 4 unspecified atom stereocenters. The van der Waals surface area contributed by atoms with Gasteiger partial charge >= 0.3 is 5.97 Å². The molecule has 0 saturated carbocycles. The molecule has 0 aromatic heterocycles. The van der Waals surface area contributed by atoms with E-state index < -0.39 is 47.9 Å². The molecule has 1 aromatic carbocycles. The number of amides is 3. The Morgan fingerprint density at radius 2 is 1.52 bits per heavy atom. The van der Waals surface area contributed by atoms with Crippen LogP contribution in [0.2, 0.25) is 0 Å². The summed E-state index contributed by atoms with van der Waals surface area (Å²) in [7, 11) is 0. The van der Waals surface area contributed by atoms with Gasteiger partial charge in [0, 0.05) is 6.42 Å². The van der Waals surface area contributed by atoms with Gasteiger partial charge in [0.2, 0.25) is 17.7 Å². The average molecular weight is 436 g/mol. The van der Waals surface area contributed by atoms with E-state index in [0.717, 1.165) is 12.0 Å². The van der Waals surface area contributed by atoms with Gasteiger partial charge in [-0.05, 0) is 38.8 Å². The number of nitrogens with one attached hydrogen (secondary N) is 3. The first kappa shape index (κ1) is 26.1. The number of rotatable bonds is 13. The highest BCUT2D eigenvalue weighted by molar-refractivity contribution is 5.93. The Kier molecular flexibility index (Phi) is 11.2. The highest BCUT2D eigenvalue weighted by Crippen LogP contribution is 2.05. The summed E-state index contributed by atoms with van der Waals surface area (Å²) >= 11 is 0. The fourth-order valence-corrected chi connectivity index (χ4v) is 2.76. The van der Waals surface area contributed by atoms with Crippen molar-refractivity contribution < 1.29 is 24.3 Å². The van der Waals surface area contributed by atoms with Crippen molar-refractivity contribution in [1.82, 2.24) is 16.0 Å². The van der Waals surface area contributed by atoms with Crippen molar-refractivity contribution in [2.45, 2.75) is 63.7 Å². The van der Waals surface area contributed by atoms with Gasteiger partial charge in [0.15, 0.2) is 0 Å². The highest BCUT2D eigenvalue weighted by atomic mass is 16.4. The second-order valence-corrected chi connectivity index (χ2v) is 7.44. The Morgan fingerprint density at radius 1 is 0.903 bits per heavy atom. The summed E-state index contributed by atoms with van der Waals surface area (Å²) < 4.78 is 0. The minimum Gasteiger partial charge on any atom is -0.480 e. The minimum atomic E-state index is -1.19. The third-order valence-electron chi connectivity index (χ3n) is 4.70. The van der Waals surface area contributed by atoms with Gasteiger partial charge in [-0.25, -0.2) is 0 Å². The van der Waals surface area contributed by atoms with E-state index in [0.29, 0.717) is 19.4 Å². The fraction of sp³-hybridized carbons (Fsp3) is 0.524. The van der Waals surface area contributed by atoms with Gasteiger partial charge < -0.3 is 32.5 Å². The molecule has 1 rings (SSSR count). The van der Waals surface area contributed by atoms with Crippen LogP contribution < -0.4 is 27.4 Å². The molecule has 0 bridgehead atoms. The molecular weight excluding hydrogens is 402 g/mol. The lowest BCUT2D eigenvalue weighted by Crippen LogP contribution is -2.56. The van der Waals surface area contributed by atoms with Crippen molar-refractivity contribution in [2.75, 3.05) is 6.54 Å². The molecule has 0 radical (unpaired) electrons.